The number of aromatic nitrogens is 2. The molecule has 0 saturated carbocycles. The van der Waals surface area contributed by atoms with Crippen LogP contribution in [0.1, 0.15) is 26.2 Å². The molecule has 1 atom stereocenters. The van der Waals surface area contributed by atoms with Crippen molar-refractivity contribution in [3.05, 3.63) is 27.0 Å². The van der Waals surface area contributed by atoms with Crippen LogP contribution < -0.4 is 16.0 Å². The standard InChI is InChI=1S/C10H15N3O6S/c1-6(3-2-4-8(14)15)13-20(18,19)7-5-11-10(17)12-9(7)16/h5-6,13H,2-4H2,1H3,(H,14,15)(H2,11,12,16,17). The number of hydrogen-bond donors (Lipinski definition) is 4. The Morgan fingerprint density at radius 3 is 2.65 bits per heavy atom. The molecule has 1 unspecified atom stereocenters. The molecule has 0 aliphatic heterocycles. The smallest absolute Gasteiger partial charge is 0.325 e. The van der Waals surface area contributed by atoms with E-state index >= 15 is 0 Å². The van der Waals surface area contributed by atoms with Crippen molar-refractivity contribution in [3.8, 4) is 0 Å². The highest BCUT2D eigenvalue weighted by Crippen LogP contribution is 2.05. The first kappa shape index (κ1) is 16.1. The summed E-state index contributed by atoms with van der Waals surface area (Å²) in [5.74, 6) is -0.961. The van der Waals surface area contributed by atoms with Gasteiger partial charge in [-0.3, -0.25) is 14.6 Å². The van der Waals surface area contributed by atoms with E-state index in [0.29, 0.717) is 12.8 Å². The van der Waals surface area contributed by atoms with Crippen LogP contribution in [-0.4, -0.2) is 35.5 Å². The maximum atomic E-state index is 11.9. The van der Waals surface area contributed by atoms with Crippen molar-refractivity contribution in [1.82, 2.24) is 14.7 Å². The zero-order chi connectivity index (χ0) is 15.3. The predicted molar refractivity (Wildman–Crippen MR) is 69.0 cm³/mol. The Kier molecular flexibility index (Phi) is 5.22. The van der Waals surface area contributed by atoms with E-state index < -0.39 is 38.2 Å². The molecule has 10 heteroatoms. The number of aliphatic carboxylic acids is 1. The molecule has 1 aromatic heterocycles. The Bertz CT molecular complexity index is 689. The molecule has 1 heterocycles. The van der Waals surface area contributed by atoms with Gasteiger partial charge >= 0.3 is 11.7 Å². The van der Waals surface area contributed by atoms with Crippen molar-refractivity contribution in [1.29, 1.82) is 0 Å². The van der Waals surface area contributed by atoms with Gasteiger partial charge in [0.05, 0.1) is 0 Å². The summed E-state index contributed by atoms with van der Waals surface area (Å²) in [6.45, 7) is 1.55. The first-order valence-corrected chi connectivity index (χ1v) is 7.27. The van der Waals surface area contributed by atoms with Crippen molar-refractivity contribution in [2.24, 2.45) is 0 Å². The first-order valence-electron chi connectivity index (χ1n) is 5.78. The molecule has 112 valence electrons. The van der Waals surface area contributed by atoms with Gasteiger partial charge in [-0.2, -0.15) is 0 Å². The van der Waals surface area contributed by atoms with Crippen LogP contribution >= 0.6 is 0 Å². The lowest BCUT2D eigenvalue weighted by atomic mass is 10.1. The molecule has 4 N–H and O–H groups in total. The van der Waals surface area contributed by atoms with Gasteiger partial charge in [0.1, 0.15) is 0 Å². The summed E-state index contributed by atoms with van der Waals surface area (Å²) < 4.78 is 26.0. The van der Waals surface area contributed by atoms with Gasteiger partial charge in [-0.15, -0.1) is 0 Å². The predicted octanol–water partition coefficient (Wildman–Crippen LogP) is -1.02. The Morgan fingerprint density at radius 1 is 1.45 bits per heavy atom. The van der Waals surface area contributed by atoms with Gasteiger partial charge in [0.15, 0.2) is 4.90 Å². The summed E-state index contributed by atoms with van der Waals surface area (Å²) >= 11 is 0. The normalized spacial score (nSPS) is 13.1. The molecule has 0 saturated heterocycles. The van der Waals surface area contributed by atoms with Crippen LogP contribution in [0, 0.1) is 0 Å². The number of H-pyrrole nitrogens is 2. The minimum atomic E-state index is -4.07. The third-order valence-electron chi connectivity index (χ3n) is 2.46. The lowest BCUT2D eigenvalue weighted by Gasteiger charge is -2.12. The van der Waals surface area contributed by atoms with Gasteiger partial charge in [-0.1, -0.05) is 0 Å². The number of rotatable bonds is 7. The molecular formula is C10H15N3O6S. The largest absolute Gasteiger partial charge is 0.481 e. The Labute approximate surface area is 114 Å². The number of carboxylic acids is 1. The van der Waals surface area contributed by atoms with Crippen molar-refractivity contribution in [3.63, 3.8) is 0 Å². The molecule has 0 aromatic carbocycles. The molecule has 9 nitrogen and oxygen atoms in total. The van der Waals surface area contributed by atoms with E-state index in [-0.39, 0.29) is 6.42 Å². The summed E-state index contributed by atoms with van der Waals surface area (Å²) in [7, 11) is -4.07. The van der Waals surface area contributed by atoms with E-state index in [4.69, 9.17) is 5.11 Å². The van der Waals surface area contributed by atoms with Crippen molar-refractivity contribution >= 4 is 16.0 Å². The number of nitrogens with one attached hydrogen (secondary N) is 3. The SMILES string of the molecule is CC(CCCC(=O)O)NS(=O)(=O)c1c[nH]c(=O)[nH]c1=O. The Hall–Kier alpha value is -1.94. The van der Waals surface area contributed by atoms with E-state index in [1.165, 1.54) is 0 Å². The van der Waals surface area contributed by atoms with Gasteiger partial charge in [0, 0.05) is 18.7 Å². The van der Waals surface area contributed by atoms with Gasteiger partial charge in [0.2, 0.25) is 10.0 Å². The molecule has 0 amide bonds. The van der Waals surface area contributed by atoms with E-state index in [2.05, 4.69) is 9.71 Å². The second-order valence-electron chi connectivity index (χ2n) is 4.24. The van der Waals surface area contributed by atoms with Crippen molar-refractivity contribution in [2.45, 2.75) is 37.1 Å². The highest BCUT2D eigenvalue weighted by Gasteiger charge is 2.21. The molecule has 0 aliphatic carbocycles. The molecule has 1 aromatic rings. The topological polar surface area (TPSA) is 149 Å². The Balaban J connectivity index is 2.77. The molecule has 0 radical (unpaired) electrons. The number of carbonyl (C=O) groups is 1. The van der Waals surface area contributed by atoms with Gasteiger partial charge in [-0.05, 0) is 19.8 Å². The van der Waals surface area contributed by atoms with Gasteiger partial charge in [-0.25, -0.2) is 17.9 Å². The quantitative estimate of drug-likeness (QED) is 0.507. The average Bonchev–Trinajstić information content (AvgIpc) is 2.26. The van der Waals surface area contributed by atoms with Gasteiger partial charge in [0.25, 0.3) is 5.56 Å². The summed E-state index contributed by atoms with van der Waals surface area (Å²) in [5.41, 5.74) is -1.82. The van der Waals surface area contributed by atoms with Crippen LogP contribution in [0.25, 0.3) is 0 Å². The second-order valence-corrected chi connectivity index (χ2v) is 5.93. The van der Waals surface area contributed by atoms with E-state index in [1.54, 1.807) is 6.92 Å². The third kappa shape index (κ3) is 4.63. The second kappa shape index (κ2) is 6.48. The van der Waals surface area contributed by atoms with E-state index in [9.17, 15) is 22.8 Å². The number of aromatic amines is 2. The zero-order valence-electron chi connectivity index (χ0n) is 10.7. The fourth-order valence-electron chi connectivity index (χ4n) is 1.54. The lowest BCUT2D eigenvalue weighted by Crippen LogP contribution is -2.37. The van der Waals surface area contributed by atoms with Crippen LogP contribution in [0.5, 0.6) is 0 Å². The molecule has 20 heavy (non-hydrogen) atoms. The first-order chi connectivity index (χ1) is 9.22. The highest BCUT2D eigenvalue weighted by molar-refractivity contribution is 7.89. The van der Waals surface area contributed by atoms with Crippen LogP contribution in [0.15, 0.2) is 20.7 Å². The summed E-state index contributed by atoms with van der Waals surface area (Å²) in [6, 6.07) is -0.536. The maximum absolute atomic E-state index is 11.9. The van der Waals surface area contributed by atoms with Gasteiger partial charge < -0.3 is 10.1 Å². The molecule has 0 fully saturated rings. The number of sulfonamides is 1. The molecule has 0 bridgehead atoms. The maximum Gasteiger partial charge on any atom is 0.325 e. The monoisotopic (exact) mass is 305 g/mol. The van der Waals surface area contributed by atoms with Crippen LogP contribution in [0.2, 0.25) is 0 Å². The fourth-order valence-corrected chi connectivity index (χ4v) is 2.83. The number of hydrogen-bond acceptors (Lipinski definition) is 5. The number of carboxylic acid groups (broad SMARTS) is 1. The Morgan fingerprint density at radius 2 is 2.10 bits per heavy atom. The summed E-state index contributed by atoms with van der Waals surface area (Å²) in [5, 5.41) is 8.48. The van der Waals surface area contributed by atoms with E-state index in [0.717, 1.165) is 6.20 Å². The molecule has 0 spiro atoms. The highest BCUT2D eigenvalue weighted by atomic mass is 32.2. The molecular weight excluding hydrogens is 290 g/mol. The van der Waals surface area contributed by atoms with Crippen molar-refractivity contribution < 1.29 is 18.3 Å². The minimum absolute atomic E-state index is 0.0642. The molecule has 0 aliphatic rings. The van der Waals surface area contributed by atoms with E-state index in [1.807, 2.05) is 4.98 Å². The third-order valence-corrected chi connectivity index (χ3v) is 4.05. The fraction of sp³-hybridized carbons (Fsp3) is 0.500. The molecule has 1 rings (SSSR count). The van der Waals surface area contributed by atoms with Crippen LogP contribution in [0.3, 0.4) is 0 Å². The average molecular weight is 305 g/mol. The minimum Gasteiger partial charge on any atom is -0.481 e. The van der Waals surface area contributed by atoms with Crippen molar-refractivity contribution in [2.75, 3.05) is 0 Å². The lowest BCUT2D eigenvalue weighted by molar-refractivity contribution is -0.137. The van der Waals surface area contributed by atoms with Crippen LogP contribution in [0.4, 0.5) is 0 Å². The zero-order valence-corrected chi connectivity index (χ0v) is 11.5. The summed E-state index contributed by atoms with van der Waals surface area (Å²) in [4.78, 5) is 35.8. The van der Waals surface area contributed by atoms with Crippen LogP contribution in [-0.2, 0) is 14.8 Å². The summed E-state index contributed by atoms with van der Waals surface area (Å²) in [6.07, 6.45) is 1.37.